The van der Waals surface area contributed by atoms with Crippen molar-refractivity contribution in [1.29, 1.82) is 5.26 Å². The number of hydrogen-bond donors (Lipinski definition) is 4. The molecule has 4 N–H and O–H groups in total. The Labute approximate surface area is 416 Å². The molecule has 0 fully saturated rings. The minimum absolute atomic E-state index is 0.00345. The second-order valence-electron chi connectivity index (χ2n) is 15.5. The topological polar surface area (TPSA) is 368 Å². The first kappa shape index (κ1) is 57.4. The number of rotatable bonds is 19. The summed E-state index contributed by atoms with van der Waals surface area (Å²) in [4.78, 5) is 4.53. The lowest BCUT2D eigenvalue weighted by molar-refractivity contribution is 0.317. The number of benzene rings is 4. The number of aromatic hydroxyl groups is 1. The highest BCUT2D eigenvalue weighted by molar-refractivity contribution is 7.86. The van der Waals surface area contributed by atoms with Gasteiger partial charge in [-0.2, -0.15) is 45.9 Å². The smallest absolute Gasteiger partial charge is 0.425 e. The van der Waals surface area contributed by atoms with Crippen molar-refractivity contribution in [2.75, 3.05) is 31.0 Å². The Hall–Kier alpha value is -7.13. The molecular weight excluding hydrogens is 1020 g/mol. The van der Waals surface area contributed by atoms with Crippen molar-refractivity contribution in [1.82, 2.24) is 9.38 Å². The minimum Gasteiger partial charge on any atom is -0.493 e. The number of azo groups is 3. The van der Waals surface area contributed by atoms with Crippen LogP contribution in [0.5, 0.6) is 17.4 Å². The van der Waals surface area contributed by atoms with Crippen LogP contribution < -0.4 is 9.47 Å². The van der Waals surface area contributed by atoms with Crippen LogP contribution in [0.3, 0.4) is 0 Å². The van der Waals surface area contributed by atoms with Gasteiger partial charge < -0.3 is 14.6 Å². The third-order valence-electron chi connectivity index (χ3n) is 9.77. The number of ether oxygens (including phenoxy) is 2. The van der Waals surface area contributed by atoms with Crippen molar-refractivity contribution in [3.63, 3.8) is 0 Å². The van der Waals surface area contributed by atoms with E-state index in [0.717, 1.165) is 19.3 Å². The van der Waals surface area contributed by atoms with Gasteiger partial charge in [-0.15, -0.1) is 28.0 Å². The number of nitrogens with zero attached hydrogens (tertiary/aromatic N) is 9. The number of pyridine rings is 1. The molecule has 0 saturated heterocycles. The van der Waals surface area contributed by atoms with Crippen molar-refractivity contribution in [2.45, 2.75) is 59.8 Å². The molecule has 28 heteroatoms. The highest BCUT2D eigenvalue weighted by Crippen LogP contribution is 2.42. The van der Waals surface area contributed by atoms with E-state index in [9.17, 15) is 44.7 Å². The molecule has 0 amide bonds. The van der Waals surface area contributed by atoms with Gasteiger partial charge in [-0.05, 0) is 99.5 Å². The summed E-state index contributed by atoms with van der Waals surface area (Å²) in [5, 5.41) is 48.1. The molecule has 2 aromatic heterocycles. The first-order chi connectivity index (χ1) is 33.8. The summed E-state index contributed by atoms with van der Waals surface area (Å²) >= 11 is 0. The van der Waals surface area contributed by atoms with Crippen LogP contribution in [0.4, 0.5) is 34.1 Å². The molecule has 384 valence electrons. The molecule has 0 unspecified atom stereocenters. The molecule has 4 aromatic carbocycles. The molecule has 0 radical (unpaired) electrons. The molecule has 2 heterocycles. The Morgan fingerprint density at radius 1 is 0.694 bits per heavy atom. The molecule has 0 aliphatic carbocycles. The lowest BCUT2D eigenvalue weighted by Gasteiger charge is -2.12. The van der Waals surface area contributed by atoms with E-state index in [2.05, 4.69) is 48.7 Å². The molecule has 6 rings (SSSR count). The summed E-state index contributed by atoms with van der Waals surface area (Å²) in [6.07, 6.45) is 3.78. The van der Waals surface area contributed by atoms with E-state index in [1.54, 1.807) is 63.2 Å². The summed E-state index contributed by atoms with van der Waals surface area (Å²) in [5.74, 6) is -1.05. The maximum Gasteiger partial charge on any atom is 0.425 e. The molecule has 6 aromatic rings. The zero-order valence-corrected chi connectivity index (χ0v) is 42.5. The van der Waals surface area contributed by atoms with E-state index in [1.807, 2.05) is 24.3 Å². The van der Waals surface area contributed by atoms with E-state index in [4.69, 9.17) is 26.7 Å². The number of imidazole rings is 1. The van der Waals surface area contributed by atoms with Crippen molar-refractivity contribution in [3.05, 3.63) is 101 Å². The Bertz CT molecular complexity index is 3510. The largest absolute Gasteiger partial charge is 0.493 e. The molecule has 0 aliphatic rings. The molecule has 0 saturated carbocycles. The number of hydrogen-bond acceptors (Lipinski definition) is 20. The standard InChI is InChI=1S/C43H45N9O9S2.CH4O3S.O3S/c1-5-6-11-30-14-16-31(17-15-30)46-47-34-24-39(60-18-9-20-62(54,55)56)36(22-27(34)2)49-48-35-25-40(61-19-10-21-63(57,58)59)37(23-28(35)3)50-51-41-29(4)32(26-44)42-45-33-12-7-8-13-38(33)52(42)43(41)53;1-5(2,3)4;1-4(2)3/h7-8,12-17,22-25,53H,5-6,9-11,18-21H2,1-4H3,(H,54,55,56)(H,57,58,59);1H3,(H,2,3,4);. The van der Waals surface area contributed by atoms with Crippen LogP contribution in [0.2, 0.25) is 0 Å². The van der Waals surface area contributed by atoms with Gasteiger partial charge in [-0.25, -0.2) is 4.98 Å². The van der Waals surface area contributed by atoms with Crippen LogP contribution in [-0.4, -0.2) is 97.0 Å². The Morgan fingerprint density at radius 3 is 1.65 bits per heavy atom. The lowest BCUT2D eigenvalue weighted by atomic mass is 10.1. The third kappa shape index (κ3) is 18.2. The number of aromatic nitrogens is 2. The average Bonchev–Trinajstić information content (AvgIpc) is 3.67. The van der Waals surface area contributed by atoms with Crippen molar-refractivity contribution < 1.29 is 66.1 Å². The zero-order valence-electron chi connectivity index (χ0n) is 39.2. The number of fused-ring (bicyclic) bond motifs is 3. The van der Waals surface area contributed by atoms with Crippen LogP contribution in [0.1, 0.15) is 60.4 Å². The lowest BCUT2D eigenvalue weighted by Crippen LogP contribution is -2.08. The predicted octanol–water partition coefficient (Wildman–Crippen LogP) is 9.39. The van der Waals surface area contributed by atoms with Gasteiger partial charge in [0, 0.05) is 17.7 Å². The van der Waals surface area contributed by atoms with Gasteiger partial charge in [0.1, 0.15) is 34.5 Å². The SMILES string of the molecule is CCCCc1ccc(N=Nc2cc(OCCCS(=O)(=O)O)c(N=Nc3cc(OCCCS(=O)(=O)O)c(N=Nc4c(C)c(C#N)c5nc6ccccc6n5c4O)cc3C)cc2C)cc1.CS(=O)(=O)O.O=S(=O)=O. The molecule has 0 spiro atoms. The van der Waals surface area contributed by atoms with Gasteiger partial charge >= 0.3 is 10.6 Å². The van der Waals surface area contributed by atoms with Crippen LogP contribution in [0, 0.1) is 32.1 Å². The fraction of sp³-hybridized carbons (Fsp3) is 0.318. The summed E-state index contributed by atoms with van der Waals surface area (Å²) in [7, 11) is -15.3. The van der Waals surface area contributed by atoms with E-state index in [-0.39, 0.29) is 71.7 Å². The normalized spacial score (nSPS) is 11.9. The summed E-state index contributed by atoms with van der Waals surface area (Å²) in [6.45, 7) is 7.05. The zero-order chi connectivity index (χ0) is 53.4. The van der Waals surface area contributed by atoms with Gasteiger partial charge in [-0.1, -0.05) is 37.6 Å². The monoisotopic (exact) mass is 1070 g/mol. The van der Waals surface area contributed by atoms with Crippen LogP contribution in [0.25, 0.3) is 16.7 Å². The van der Waals surface area contributed by atoms with E-state index >= 15 is 0 Å². The van der Waals surface area contributed by atoms with Gasteiger partial charge in [0.15, 0.2) is 11.3 Å². The molecular formula is C44H49N9O15S4. The maximum absolute atomic E-state index is 11.5. The van der Waals surface area contributed by atoms with E-state index < -0.39 is 52.5 Å². The molecule has 0 aliphatic heterocycles. The van der Waals surface area contributed by atoms with E-state index in [1.165, 1.54) is 16.0 Å². The van der Waals surface area contributed by atoms with Crippen LogP contribution >= 0.6 is 0 Å². The highest BCUT2D eigenvalue weighted by Gasteiger charge is 2.21. The van der Waals surface area contributed by atoms with Gasteiger partial charge in [0.2, 0.25) is 5.88 Å². The molecule has 0 bridgehead atoms. The summed E-state index contributed by atoms with van der Waals surface area (Å²) in [5.41, 5.74) is 6.15. The summed E-state index contributed by atoms with van der Waals surface area (Å²) < 4.78 is 129. The summed E-state index contributed by atoms with van der Waals surface area (Å²) in [6, 6.07) is 23.4. The molecule has 24 nitrogen and oxygen atoms in total. The number of para-hydroxylation sites is 2. The van der Waals surface area contributed by atoms with Crippen molar-refractivity contribution >= 4 is 91.8 Å². The van der Waals surface area contributed by atoms with E-state index in [0.29, 0.717) is 51.0 Å². The fourth-order valence-corrected chi connectivity index (χ4v) is 7.39. The van der Waals surface area contributed by atoms with Gasteiger partial charge in [-0.3, -0.25) is 18.1 Å². The van der Waals surface area contributed by atoms with Gasteiger partial charge in [0.05, 0.1) is 59.1 Å². The second kappa shape index (κ2) is 25.8. The van der Waals surface area contributed by atoms with Crippen molar-refractivity contribution in [2.24, 2.45) is 30.7 Å². The van der Waals surface area contributed by atoms with Crippen LogP contribution in [-0.2, 0) is 47.4 Å². The second-order valence-corrected chi connectivity index (χ2v) is 20.6. The fourth-order valence-electron chi connectivity index (χ4n) is 6.43. The quantitative estimate of drug-likeness (QED) is 0.0333. The van der Waals surface area contributed by atoms with Crippen molar-refractivity contribution in [3.8, 4) is 23.4 Å². The predicted molar refractivity (Wildman–Crippen MR) is 264 cm³/mol. The Balaban J connectivity index is 0.00000115. The van der Waals surface area contributed by atoms with Gasteiger partial charge in [0.25, 0.3) is 30.4 Å². The first-order valence-electron chi connectivity index (χ1n) is 21.3. The molecule has 0 atom stereocenters. The first-order valence-corrected chi connectivity index (χ1v) is 27.4. The number of aryl methyl sites for hydroxylation is 3. The maximum atomic E-state index is 11.5. The highest BCUT2D eigenvalue weighted by atomic mass is 32.2. The molecule has 72 heavy (non-hydrogen) atoms. The minimum atomic E-state index is -4.27. The number of nitriles is 1. The Morgan fingerprint density at radius 2 is 1.17 bits per heavy atom. The van der Waals surface area contributed by atoms with Crippen LogP contribution in [0.15, 0.2) is 103 Å². The third-order valence-corrected chi connectivity index (χ3v) is 11.4. The Kier molecular flexibility index (Phi) is 20.6. The average molecular weight is 1070 g/mol. The number of unbranched alkanes of at least 4 members (excludes halogenated alkanes) is 1.